The van der Waals surface area contributed by atoms with Crippen molar-refractivity contribution >= 4 is 0 Å². The molecule has 0 aromatic carbocycles. The fraction of sp³-hybridized carbons (Fsp3) is 1.00. The van der Waals surface area contributed by atoms with E-state index >= 15 is 0 Å². The molecule has 0 radical (unpaired) electrons. The summed E-state index contributed by atoms with van der Waals surface area (Å²) >= 11 is 0. The molecular weight excluding hydrogens is 318 g/mol. The van der Waals surface area contributed by atoms with Gasteiger partial charge >= 0.3 is 21.1 Å². The van der Waals surface area contributed by atoms with E-state index in [-0.39, 0.29) is 45.9 Å². The molecule has 0 atom stereocenters. The van der Waals surface area contributed by atoms with Gasteiger partial charge in [-0.2, -0.15) is 14.1 Å². The van der Waals surface area contributed by atoms with Crippen LogP contribution in [0, 0.1) is 0 Å². The summed E-state index contributed by atoms with van der Waals surface area (Å²) in [6, 6.07) is 0. The predicted molar refractivity (Wildman–Crippen MR) is 20.5 cm³/mol. The minimum absolute atomic E-state index is 0. The zero-order chi connectivity index (χ0) is 4.00. The number of rotatable bonds is 0. The maximum atomic E-state index is 5.75. The van der Waals surface area contributed by atoms with Gasteiger partial charge in [0.05, 0.1) is 0 Å². The van der Waals surface area contributed by atoms with Crippen LogP contribution in [-0.2, 0) is 21.1 Å². The maximum Gasteiger partial charge on any atom is 4.00 e. The van der Waals surface area contributed by atoms with Crippen LogP contribution in [-0.4, -0.2) is 14.1 Å². The Bertz CT molecular complexity index is 13.7. The zero-order valence-electron chi connectivity index (χ0n) is 4.07. The summed E-state index contributed by atoms with van der Waals surface area (Å²) in [6.45, 7) is 0. The first kappa shape index (κ1) is 41.6. The summed E-state index contributed by atoms with van der Waals surface area (Å²) in [7, 11) is 2.50. The maximum absolute atomic E-state index is 5.75. The van der Waals surface area contributed by atoms with E-state index < -0.39 is 0 Å². The third kappa shape index (κ3) is 137. The first-order chi connectivity index (χ1) is 2.00. The van der Waals surface area contributed by atoms with Gasteiger partial charge in [0, 0.05) is 0 Å². The Balaban J connectivity index is -0.00000000267. The summed E-state index contributed by atoms with van der Waals surface area (Å²) in [5.74, 6) is 0. The van der Waals surface area contributed by atoms with Crippen LogP contribution in [0.3, 0.4) is 0 Å². The van der Waals surface area contributed by atoms with Crippen molar-refractivity contribution in [1.82, 2.24) is 0 Å². The summed E-state index contributed by atoms with van der Waals surface area (Å²) < 4.78 is 0. The second-order valence-corrected chi connectivity index (χ2v) is 0. The Morgan fingerprint density at radius 2 is 0.714 bits per heavy atom. The Morgan fingerprint density at radius 3 is 0.714 bits per heavy atom. The van der Waals surface area contributed by atoms with Gasteiger partial charge in [-0.25, -0.2) is 0 Å². The van der Waals surface area contributed by atoms with E-state index in [0.717, 1.165) is 0 Å². The van der Waals surface area contributed by atoms with Gasteiger partial charge in [0.2, 0.25) is 0 Å². The van der Waals surface area contributed by atoms with Gasteiger partial charge in [0.15, 0.2) is 0 Å². The quantitative estimate of drug-likeness (QED) is 0.430. The predicted octanol–water partition coefficient (Wildman–Crippen LogP) is -4.66. The SMILES string of the molecule is C[NH-].C[NH-].[Cl-].[Cl-].[Pt+4]. The van der Waals surface area contributed by atoms with Crippen LogP contribution < -0.4 is 24.8 Å². The molecule has 0 aliphatic carbocycles. The van der Waals surface area contributed by atoms with E-state index in [1.165, 1.54) is 14.1 Å². The van der Waals surface area contributed by atoms with Crippen LogP contribution in [0.25, 0.3) is 11.5 Å². The van der Waals surface area contributed by atoms with Crippen molar-refractivity contribution in [2.45, 2.75) is 0 Å². The molecule has 0 unspecified atom stereocenters. The molecule has 0 aromatic heterocycles. The molecule has 0 amide bonds. The average Bonchev–Trinajstić information content (AvgIpc) is 1.50. The normalized spacial score (nSPS) is 1.71. The molecule has 0 rings (SSSR count). The van der Waals surface area contributed by atoms with Crippen molar-refractivity contribution in [3.05, 3.63) is 11.5 Å². The molecule has 0 fully saturated rings. The summed E-state index contributed by atoms with van der Waals surface area (Å²) in [6.07, 6.45) is 0. The Morgan fingerprint density at radius 1 is 0.714 bits per heavy atom. The van der Waals surface area contributed by atoms with Gasteiger partial charge in [0.25, 0.3) is 0 Å². The van der Waals surface area contributed by atoms with E-state index in [4.69, 9.17) is 11.5 Å². The van der Waals surface area contributed by atoms with Gasteiger partial charge in [0.1, 0.15) is 0 Å². The van der Waals surface area contributed by atoms with E-state index in [1.807, 2.05) is 0 Å². The van der Waals surface area contributed by atoms with Gasteiger partial charge in [-0.15, -0.1) is 0 Å². The number of nitrogens with one attached hydrogen (secondary N) is 2. The van der Waals surface area contributed by atoms with E-state index in [2.05, 4.69) is 0 Å². The largest absolute Gasteiger partial charge is 4.00 e. The summed E-state index contributed by atoms with van der Waals surface area (Å²) in [5.41, 5.74) is 11.5. The van der Waals surface area contributed by atoms with Gasteiger partial charge in [-0.3, -0.25) is 0 Å². The summed E-state index contributed by atoms with van der Waals surface area (Å²) in [5, 5.41) is 0. The topological polar surface area (TPSA) is 47.6 Å². The molecule has 0 heterocycles. The molecule has 5 heteroatoms. The first-order valence-electron chi connectivity index (χ1n) is 1.00. The van der Waals surface area contributed by atoms with Crippen molar-refractivity contribution in [3.8, 4) is 0 Å². The molecule has 0 aliphatic heterocycles. The van der Waals surface area contributed by atoms with Crippen molar-refractivity contribution in [2.75, 3.05) is 14.1 Å². The number of hydrogen-bond donors (Lipinski definition) is 0. The van der Waals surface area contributed by atoms with Gasteiger partial charge in [-0.1, -0.05) is 0 Å². The van der Waals surface area contributed by atoms with Crippen LogP contribution in [0.5, 0.6) is 0 Å². The third-order valence-corrected chi connectivity index (χ3v) is 0. The molecule has 2 nitrogen and oxygen atoms in total. The van der Waals surface area contributed by atoms with Crippen molar-refractivity contribution in [2.24, 2.45) is 0 Å². The molecule has 0 saturated carbocycles. The zero-order valence-corrected chi connectivity index (χ0v) is 7.86. The van der Waals surface area contributed by atoms with Gasteiger partial charge < -0.3 is 36.3 Å². The molecule has 0 saturated heterocycles. The van der Waals surface area contributed by atoms with E-state index in [0.29, 0.717) is 0 Å². The third-order valence-electron chi connectivity index (χ3n) is 0. The Kier molecular flexibility index (Phi) is 1160. The van der Waals surface area contributed by atoms with Crippen LogP contribution in [0.2, 0.25) is 0 Å². The minimum Gasteiger partial charge on any atom is -1.00 e. The molecule has 2 N–H and O–H groups in total. The second kappa shape index (κ2) is 195. The molecule has 0 spiro atoms. The average molecular weight is 326 g/mol. The molecule has 0 aromatic rings. The van der Waals surface area contributed by atoms with Crippen LogP contribution >= 0.6 is 0 Å². The summed E-state index contributed by atoms with van der Waals surface area (Å²) in [4.78, 5) is 0. The van der Waals surface area contributed by atoms with Crippen LogP contribution in [0.15, 0.2) is 0 Å². The number of halogens is 2. The van der Waals surface area contributed by atoms with Crippen molar-refractivity contribution in [3.63, 3.8) is 0 Å². The second-order valence-electron chi connectivity index (χ2n) is 0. The monoisotopic (exact) mass is 325 g/mol. The molecule has 50 valence electrons. The van der Waals surface area contributed by atoms with Crippen molar-refractivity contribution < 1.29 is 45.9 Å². The van der Waals surface area contributed by atoms with Crippen LogP contribution in [0.4, 0.5) is 0 Å². The Labute approximate surface area is 71.5 Å². The van der Waals surface area contributed by atoms with E-state index in [9.17, 15) is 0 Å². The smallest absolute Gasteiger partial charge is 1.00 e. The fourth-order valence-corrected chi connectivity index (χ4v) is 0. The molecular formula is C2H8Cl2N2Pt. The fourth-order valence-electron chi connectivity index (χ4n) is 0. The number of hydrogen-bond acceptors (Lipinski definition) is 0. The Hall–Kier alpha value is 1.19. The first-order valence-corrected chi connectivity index (χ1v) is 1.00. The minimum atomic E-state index is 0. The van der Waals surface area contributed by atoms with Crippen molar-refractivity contribution in [1.29, 1.82) is 0 Å². The van der Waals surface area contributed by atoms with E-state index in [1.54, 1.807) is 0 Å². The van der Waals surface area contributed by atoms with Gasteiger partial charge in [-0.05, 0) is 0 Å². The standard InChI is InChI=1S/2CH4N.2ClH.Pt/c2*1-2;;;/h2*2H,1H3;2*1H;/q2*-1;;;+4/p-2. The van der Waals surface area contributed by atoms with Crippen LogP contribution in [0.1, 0.15) is 0 Å². The molecule has 0 aliphatic rings. The molecule has 0 bridgehead atoms. The molecule has 7 heavy (non-hydrogen) atoms.